The van der Waals surface area contributed by atoms with Gasteiger partial charge in [0, 0.05) is 12.8 Å². The number of hydrogen-bond donors (Lipinski definition) is 0. The van der Waals surface area contributed by atoms with Crippen LogP contribution in [0.25, 0.3) is 0 Å². The van der Waals surface area contributed by atoms with Gasteiger partial charge in [0.15, 0.2) is 0 Å². The zero-order valence-corrected chi connectivity index (χ0v) is 14.4. The highest BCUT2D eigenvalue weighted by atomic mass is 16.7. The van der Waals surface area contributed by atoms with E-state index < -0.39 is 0 Å². The minimum atomic E-state index is -0.323. The highest BCUT2D eigenvalue weighted by molar-refractivity contribution is 4.83. The molecule has 1 aliphatic heterocycles. The largest absolute Gasteiger partial charge is 0.457 e. The van der Waals surface area contributed by atoms with Gasteiger partial charge in [-0.25, -0.2) is 0 Å². The molecule has 1 rings (SSSR count). The van der Waals surface area contributed by atoms with Crippen LogP contribution in [-0.2, 0) is 9.47 Å². The molecule has 0 bridgehead atoms. The molecule has 0 fully saturated rings. The lowest BCUT2D eigenvalue weighted by molar-refractivity contribution is -0.153. The summed E-state index contributed by atoms with van der Waals surface area (Å²) in [5.74, 6) is -0.323. The van der Waals surface area contributed by atoms with Crippen molar-refractivity contribution in [3.8, 4) is 0 Å². The first-order valence-corrected chi connectivity index (χ1v) is 9.33. The Morgan fingerprint density at radius 1 is 0.571 bits per heavy atom. The van der Waals surface area contributed by atoms with E-state index in [2.05, 4.69) is 13.8 Å². The second kappa shape index (κ2) is 11.9. The third-order valence-electron chi connectivity index (χ3n) is 4.44. The second-order valence-corrected chi connectivity index (χ2v) is 6.45. The Bertz CT molecular complexity index is 252. The van der Waals surface area contributed by atoms with Gasteiger partial charge in [0.05, 0.1) is 0 Å². The van der Waals surface area contributed by atoms with E-state index in [0.29, 0.717) is 0 Å². The minimum Gasteiger partial charge on any atom is -0.457 e. The molecule has 0 spiro atoms. The van der Waals surface area contributed by atoms with Crippen LogP contribution < -0.4 is 0 Å². The van der Waals surface area contributed by atoms with Gasteiger partial charge in [-0.1, -0.05) is 78.1 Å². The van der Waals surface area contributed by atoms with Crippen molar-refractivity contribution in [1.82, 2.24) is 0 Å². The molecule has 0 saturated heterocycles. The van der Waals surface area contributed by atoms with Crippen molar-refractivity contribution in [1.29, 1.82) is 0 Å². The lowest BCUT2D eigenvalue weighted by Gasteiger charge is -2.27. The van der Waals surface area contributed by atoms with E-state index in [1.54, 1.807) is 12.5 Å². The maximum absolute atomic E-state index is 5.72. The van der Waals surface area contributed by atoms with Crippen molar-refractivity contribution in [2.24, 2.45) is 0 Å². The molecule has 2 heteroatoms. The standard InChI is InChI=1S/C19H36O2/c1-3-5-7-8-9-10-11-12-13-14-16-19(15-6-4-2)20-17-18-21-19/h17-18H,3-16H2,1-2H3. The smallest absolute Gasteiger partial charge is 0.249 e. The molecular formula is C19H36O2. The quantitative estimate of drug-likeness (QED) is 0.332. The molecular weight excluding hydrogens is 260 g/mol. The summed E-state index contributed by atoms with van der Waals surface area (Å²) in [6, 6.07) is 0. The predicted octanol–water partition coefficient (Wildman–Crippen LogP) is 6.70. The lowest BCUT2D eigenvalue weighted by atomic mass is 10.00. The molecule has 1 aliphatic rings. The van der Waals surface area contributed by atoms with Gasteiger partial charge in [-0.3, -0.25) is 0 Å². The van der Waals surface area contributed by atoms with Gasteiger partial charge in [-0.15, -0.1) is 0 Å². The Morgan fingerprint density at radius 3 is 1.52 bits per heavy atom. The molecule has 2 nitrogen and oxygen atoms in total. The zero-order chi connectivity index (χ0) is 15.2. The van der Waals surface area contributed by atoms with Crippen molar-refractivity contribution in [3.63, 3.8) is 0 Å². The summed E-state index contributed by atoms with van der Waals surface area (Å²) in [5, 5.41) is 0. The summed E-state index contributed by atoms with van der Waals surface area (Å²) in [7, 11) is 0. The van der Waals surface area contributed by atoms with Crippen molar-refractivity contribution in [3.05, 3.63) is 12.5 Å². The van der Waals surface area contributed by atoms with Gasteiger partial charge in [-0.05, 0) is 12.8 Å². The third-order valence-corrected chi connectivity index (χ3v) is 4.44. The highest BCUT2D eigenvalue weighted by Gasteiger charge is 2.33. The van der Waals surface area contributed by atoms with Crippen molar-refractivity contribution in [2.45, 2.75) is 110 Å². The minimum absolute atomic E-state index is 0.323. The van der Waals surface area contributed by atoms with Crippen LogP contribution in [0.1, 0.15) is 104 Å². The molecule has 0 aliphatic carbocycles. The fourth-order valence-electron chi connectivity index (χ4n) is 3.02. The van der Waals surface area contributed by atoms with E-state index >= 15 is 0 Å². The van der Waals surface area contributed by atoms with E-state index in [1.807, 2.05) is 0 Å². The average molecular weight is 296 g/mol. The monoisotopic (exact) mass is 296 g/mol. The SMILES string of the molecule is CCCCCCCCCCCCC1(CCCC)OC=CO1. The van der Waals surface area contributed by atoms with Gasteiger partial charge < -0.3 is 9.47 Å². The first kappa shape index (κ1) is 18.4. The second-order valence-electron chi connectivity index (χ2n) is 6.45. The van der Waals surface area contributed by atoms with E-state index in [1.165, 1.54) is 77.0 Å². The Balaban J connectivity index is 1.95. The van der Waals surface area contributed by atoms with Crippen molar-refractivity contribution < 1.29 is 9.47 Å². The summed E-state index contributed by atoms with van der Waals surface area (Å²) in [6.45, 7) is 4.50. The summed E-state index contributed by atoms with van der Waals surface area (Å²) in [4.78, 5) is 0. The fraction of sp³-hybridized carbons (Fsp3) is 0.895. The number of unbranched alkanes of at least 4 members (excludes halogenated alkanes) is 10. The highest BCUT2D eigenvalue weighted by Crippen LogP contribution is 2.32. The van der Waals surface area contributed by atoms with Crippen LogP contribution >= 0.6 is 0 Å². The molecule has 1 heterocycles. The van der Waals surface area contributed by atoms with Crippen molar-refractivity contribution >= 4 is 0 Å². The Labute approximate surface area is 132 Å². The van der Waals surface area contributed by atoms with Crippen LogP contribution in [0.5, 0.6) is 0 Å². The maximum Gasteiger partial charge on any atom is 0.249 e. The van der Waals surface area contributed by atoms with Crippen molar-refractivity contribution in [2.75, 3.05) is 0 Å². The zero-order valence-electron chi connectivity index (χ0n) is 14.4. The number of rotatable bonds is 14. The first-order chi connectivity index (χ1) is 10.3. The summed E-state index contributed by atoms with van der Waals surface area (Å²) >= 11 is 0. The summed E-state index contributed by atoms with van der Waals surface area (Å²) in [6.07, 6.45) is 21.6. The Kier molecular flexibility index (Phi) is 10.5. The molecule has 0 unspecified atom stereocenters. The van der Waals surface area contributed by atoms with E-state index in [0.717, 1.165) is 12.8 Å². The molecule has 124 valence electrons. The number of hydrogen-bond acceptors (Lipinski definition) is 2. The molecule has 21 heavy (non-hydrogen) atoms. The maximum atomic E-state index is 5.72. The molecule has 0 aromatic carbocycles. The molecule has 0 aromatic heterocycles. The number of ether oxygens (including phenoxy) is 2. The molecule has 0 atom stereocenters. The average Bonchev–Trinajstić information content (AvgIpc) is 2.96. The van der Waals surface area contributed by atoms with E-state index in [4.69, 9.17) is 9.47 Å². The van der Waals surface area contributed by atoms with Crippen LogP contribution in [0, 0.1) is 0 Å². The molecule has 0 N–H and O–H groups in total. The summed E-state index contributed by atoms with van der Waals surface area (Å²) < 4.78 is 11.4. The molecule has 0 saturated carbocycles. The fourth-order valence-corrected chi connectivity index (χ4v) is 3.02. The van der Waals surface area contributed by atoms with Crippen LogP contribution in [-0.4, -0.2) is 5.79 Å². The van der Waals surface area contributed by atoms with Crippen LogP contribution in [0.2, 0.25) is 0 Å². The van der Waals surface area contributed by atoms with Gasteiger partial charge in [0.1, 0.15) is 12.5 Å². The van der Waals surface area contributed by atoms with Gasteiger partial charge >= 0.3 is 0 Å². The van der Waals surface area contributed by atoms with Gasteiger partial charge in [-0.2, -0.15) is 0 Å². The molecule has 0 aromatic rings. The normalized spacial score (nSPS) is 15.9. The lowest BCUT2D eigenvalue weighted by Crippen LogP contribution is -2.29. The van der Waals surface area contributed by atoms with Gasteiger partial charge in [0.25, 0.3) is 0 Å². The first-order valence-electron chi connectivity index (χ1n) is 9.33. The topological polar surface area (TPSA) is 18.5 Å². The molecule has 0 radical (unpaired) electrons. The van der Waals surface area contributed by atoms with Crippen LogP contribution in [0.15, 0.2) is 12.5 Å². The van der Waals surface area contributed by atoms with Crippen LogP contribution in [0.4, 0.5) is 0 Å². The third kappa shape index (κ3) is 8.38. The Morgan fingerprint density at radius 2 is 1.00 bits per heavy atom. The van der Waals surface area contributed by atoms with E-state index in [9.17, 15) is 0 Å². The van der Waals surface area contributed by atoms with E-state index in [-0.39, 0.29) is 5.79 Å². The Hall–Kier alpha value is -0.660. The van der Waals surface area contributed by atoms with Crippen LogP contribution in [0.3, 0.4) is 0 Å². The summed E-state index contributed by atoms with van der Waals surface area (Å²) in [5.41, 5.74) is 0. The molecule has 0 amide bonds. The van der Waals surface area contributed by atoms with Gasteiger partial charge in [0.2, 0.25) is 5.79 Å². The predicted molar refractivity (Wildman–Crippen MR) is 90.0 cm³/mol.